The Balaban J connectivity index is 4.00. The smallest absolute Gasteiger partial charge is 0.462 e. The number of hydrogen-bond acceptors (Lipinski definition) is 7. The molecule has 10 heteroatoms. The molecule has 0 fully saturated rings. The second-order valence-electron chi connectivity index (χ2n) is 23.8. The first-order valence-electron chi connectivity index (χ1n) is 33.7. The summed E-state index contributed by atoms with van der Waals surface area (Å²) in [6.45, 7) is 4.35. The standard InChI is InChI=1S/C70H128NO8P/c1-6-8-10-12-14-16-18-20-22-24-26-28-29-30-31-32-33-34-35-36-37-38-39-40-41-43-45-47-49-51-53-55-57-59-61-63-70(73)79-68(67-78-80(74,75)77-65-64-71(3,4)5)66-76-69(72)62-60-58-56-54-52-50-48-46-44-42-27-25-23-21-19-17-15-13-11-9-7-2/h8,10,14,16,19-22,25-28,68H,6-7,9,11-13,15,17-18,23-24,29-67H2,1-5H3/p+1/b10-8-,16-14-,21-19-,22-20-,27-25-,28-26-. The molecule has 0 amide bonds. The third kappa shape index (κ3) is 64.6. The number of likely N-dealkylation sites (N-methyl/N-ethyl adjacent to an activating group) is 1. The minimum Gasteiger partial charge on any atom is -0.462 e. The maximum atomic E-state index is 12.9. The van der Waals surface area contributed by atoms with Gasteiger partial charge in [-0.3, -0.25) is 18.6 Å². The Hall–Kier alpha value is -2.55. The molecule has 466 valence electrons. The molecule has 2 atom stereocenters. The first-order valence-corrected chi connectivity index (χ1v) is 35.2. The predicted octanol–water partition coefficient (Wildman–Crippen LogP) is 21.6. The van der Waals surface area contributed by atoms with E-state index >= 15 is 0 Å². The molecular weight excluding hydrogens is 1010 g/mol. The summed E-state index contributed by atoms with van der Waals surface area (Å²) in [6, 6.07) is 0. The molecular formula is C70H129NO8P+. The van der Waals surface area contributed by atoms with Gasteiger partial charge in [0.2, 0.25) is 0 Å². The number of phosphoric ester groups is 1. The van der Waals surface area contributed by atoms with E-state index in [1.165, 1.54) is 212 Å². The van der Waals surface area contributed by atoms with Crippen LogP contribution in [0.4, 0.5) is 0 Å². The highest BCUT2D eigenvalue weighted by Gasteiger charge is 2.27. The maximum absolute atomic E-state index is 12.9. The van der Waals surface area contributed by atoms with Gasteiger partial charge in [-0.25, -0.2) is 4.57 Å². The summed E-state index contributed by atoms with van der Waals surface area (Å²) in [4.78, 5) is 35.8. The van der Waals surface area contributed by atoms with Crippen molar-refractivity contribution in [2.24, 2.45) is 0 Å². The van der Waals surface area contributed by atoms with Crippen LogP contribution in [0, 0.1) is 0 Å². The SMILES string of the molecule is CC/C=C\C/C=C\C/C=C\C/C=C\CCCCCCCCCCCCCCCCCCCCCCCCC(=O)OC(COC(=O)CCCCCCCCCCC/C=C\C/C=C\CCCCCCC)COP(=O)(O)OCC[N+](C)(C)C. The van der Waals surface area contributed by atoms with Crippen molar-refractivity contribution in [3.05, 3.63) is 72.9 Å². The van der Waals surface area contributed by atoms with Crippen LogP contribution in [0.2, 0.25) is 0 Å². The molecule has 9 nitrogen and oxygen atoms in total. The number of carbonyl (C=O) groups excluding carboxylic acids is 2. The summed E-state index contributed by atoms with van der Waals surface area (Å²) < 4.78 is 34.7. The van der Waals surface area contributed by atoms with Gasteiger partial charge in [-0.2, -0.15) is 0 Å². The Labute approximate surface area is 495 Å². The first-order chi connectivity index (χ1) is 39.0. The molecule has 0 heterocycles. The lowest BCUT2D eigenvalue weighted by molar-refractivity contribution is -0.870. The fourth-order valence-corrected chi connectivity index (χ4v) is 10.3. The lowest BCUT2D eigenvalue weighted by atomic mass is 10.0. The molecule has 0 saturated carbocycles. The molecule has 0 bridgehead atoms. The van der Waals surface area contributed by atoms with Crippen molar-refractivity contribution in [2.75, 3.05) is 47.5 Å². The average molecular weight is 1140 g/mol. The van der Waals surface area contributed by atoms with Gasteiger partial charge in [-0.1, -0.05) is 286 Å². The van der Waals surface area contributed by atoms with E-state index in [0.29, 0.717) is 17.4 Å². The largest absolute Gasteiger partial charge is 0.472 e. The highest BCUT2D eigenvalue weighted by atomic mass is 31.2. The van der Waals surface area contributed by atoms with Crippen LogP contribution >= 0.6 is 7.82 Å². The molecule has 0 radical (unpaired) electrons. The number of ether oxygens (including phenoxy) is 2. The molecule has 80 heavy (non-hydrogen) atoms. The fourth-order valence-electron chi connectivity index (χ4n) is 9.57. The van der Waals surface area contributed by atoms with Crippen molar-refractivity contribution in [2.45, 2.75) is 315 Å². The number of carbonyl (C=O) groups is 2. The molecule has 0 aromatic carbocycles. The van der Waals surface area contributed by atoms with E-state index in [4.69, 9.17) is 18.5 Å². The number of esters is 2. The molecule has 2 unspecified atom stereocenters. The lowest BCUT2D eigenvalue weighted by Crippen LogP contribution is -2.37. The third-order valence-corrected chi connectivity index (χ3v) is 15.7. The van der Waals surface area contributed by atoms with Gasteiger partial charge in [0.1, 0.15) is 19.8 Å². The van der Waals surface area contributed by atoms with Crippen LogP contribution in [-0.2, 0) is 32.7 Å². The van der Waals surface area contributed by atoms with Crippen molar-refractivity contribution >= 4 is 19.8 Å². The first kappa shape index (κ1) is 77.5. The van der Waals surface area contributed by atoms with E-state index in [0.717, 1.165) is 64.2 Å². The molecule has 0 aromatic heterocycles. The summed E-state index contributed by atoms with van der Waals surface area (Å²) in [5.41, 5.74) is 0. The highest BCUT2D eigenvalue weighted by Crippen LogP contribution is 2.43. The third-order valence-electron chi connectivity index (χ3n) is 14.7. The molecule has 1 N–H and O–H groups in total. The van der Waals surface area contributed by atoms with Crippen molar-refractivity contribution in [3.8, 4) is 0 Å². The van der Waals surface area contributed by atoms with Crippen LogP contribution in [-0.4, -0.2) is 74.9 Å². The number of allylic oxidation sites excluding steroid dienone is 12. The average Bonchev–Trinajstić information content (AvgIpc) is 3.42. The van der Waals surface area contributed by atoms with Gasteiger partial charge in [-0.05, 0) is 83.5 Å². The quantitative estimate of drug-likeness (QED) is 0.0211. The molecule has 0 aliphatic carbocycles. The van der Waals surface area contributed by atoms with Crippen molar-refractivity contribution < 1.29 is 42.1 Å². The van der Waals surface area contributed by atoms with E-state index in [1.807, 2.05) is 21.1 Å². The Bertz CT molecular complexity index is 1580. The number of unbranched alkanes of at least 4 members (excludes halogenated alkanes) is 36. The van der Waals surface area contributed by atoms with Crippen molar-refractivity contribution in [1.82, 2.24) is 0 Å². The molecule has 0 rings (SSSR count). The maximum Gasteiger partial charge on any atom is 0.472 e. The van der Waals surface area contributed by atoms with Gasteiger partial charge >= 0.3 is 19.8 Å². The van der Waals surface area contributed by atoms with Gasteiger partial charge in [-0.15, -0.1) is 0 Å². The van der Waals surface area contributed by atoms with Crippen LogP contribution in [0.1, 0.15) is 309 Å². The molecule has 0 saturated heterocycles. The highest BCUT2D eigenvalue weighted by molar-refractivity contribution is 7.47. The Morgan fingerprint density at radius 3 is 1.06 bits per heavy atom. The Morgan fingerprint density at radius 2 is 0.713 bits per heavy atom. The number of quaternary nitrogens is 1. The van der Waals surface area contributed by atoms with Gasteiger partial charge in [0, 0.05) is 12.8 Å². The Morgan fingerprint density at radius 1 is 0.400 bits per heavy atom. The lowest BCUT2D eigenvalue weighted by Gasteiger charge is -2.24. The van der Waals surface area contributed by atoms with E-state index in [2.05, 4.69) is 86.8 Å². The van der Waals surface area contributed by atoms with Crippen LogP contribution in [0.3, 0.4) is 0 Å². The van der Waals surface area contributed by atoms with Gasteiger partial charge in [0.25, 0.3) is 0 Å². The fraction of sp³-hybridized carbons (Fsp3) is 0.800. The minimum atomic E-state index is -4.39. The predicted molar refractivity (Wildman–Crippen MR) is 344 cm³/mol. The zero-order chi connectivity index (χ0) is 58.4. The summed E-state index contributed by atoms with van der Waals surface area (Å²) >= 11 is 0. The van der Waals surface area contributed by atoms with E-state index in [-0.39, 0.29) is 32.0 Å². The molecule has 0 aromatic rings. The minimum absolute atomic E-state index is 0.0310. The molecule has 0 aliphatic rings. The van der Waals surface area contributed by atoms with E-state index in [1.54, 1.807) is 0 Å². The van der Waals surface area contributed by atoms with Crippen LogP contribution in [0.5, 0.6) is 0 Å². The van der Waals surface area contributed by atoms with Gasteiger partial charge in [0.05, 0.1) is 27.7 Å². The van der Waals surface area contributed by atoms with Gasteiger partial charge in [0.15, 0.2) is 6.10 Å². The number of nitrogens with zero attached hydrogens (tertiary/aromatic N) is 1. The van der Waals surface area contributed by atoms with E-state index < -0.39 is 26.5 Å². The number of hydrogen-bond donors (Lipinski definition) is 1. The van der Waals surface area contributed by atoms with Crippen LogP contribution in [0.25, 0.3) is 0 Å². The summed E-state index contributed by atoms with van der Waals surface area (Å²) in [7, 11) is 1.48. The summed E-state index contributed by atoms with van der Waals surface area (Å²) in [5, 5.41) is 0. The number of phosphoric acid groups is 1. The van der Waals surface area contributed by atoms with Crippen LogP contribution < -0.4 is 0 Å². The van der Waals surface area contributed by atoms with Crippen molar-refractivity contribution in [1.29, 1.82) is 0 Å². The normalized spacial score (nSPS) is 13.6. The summed E-state index contributed by atoms with van der Waals surface area (Å²) in [6.07, 6.45) is 81.4. The zero-order valence-corrected chi connectivity index (χ0v) is 54.0. The second kappa shape index (κ2) is 61.0. The second-order valence-corrected chi connectivity index (χ2v) is 25.3. The monoisotopic (exact) mass is 1140 g/mol. The Kier molecular flexibility index (Phi) is 59.1. The molecule has 0 aliphatic heterocycles. The van der Waals surface area contributed by atoms with Gasteiger partial charge < -0.3 is 18.9 Å². The van der Waals surface area contributed by atoms with E-state index in [9.17, 15) is 19.0 Å². The van der Waals surface area contributed by atoms with Crippen LogP contribution in [0.15, 0.2) is 72.9 Å². The van der Waals surface area contributed by atoms with Crippen molar-refractivity contribution in [3.63, 3.8) is 0 Å². The zero-order valence-electron chi connectivity index (χ0n) is 53.1. The summed E-state index contributed by atoms with van der Waals surface area (Å²) in [5.74, 6) is -0.790. The molecule has 0 spiro atoms. The number of rotatable bonds is 62. The topological polar surface area (TPSA) is 108 Å².